The van der Waals surface area contributed by atoms with Gasteiger partial charge < -0.3 is 10.4 Å². The fourth-order valence-corrected chi connectivity index (χ4v) is 3.47. The lowest BCUT2D eigenvalue weighted by molar-refractivity contribution is -0.116. The van der Waals surface area contributed by atoms with Crippen LogP contribution < -0.4 is 5.32 Å². The van der Waals surface area contributed by atoms with E-state index < -0.39 is 0 Å². The third kappa shape index (κ3) is 5.46. The molecule has 0 aromatic carbocycles. The fourth-order valence-electron chi connectivity index (χ4n) is 2.11. The predicted octanol–water partition coefficient (Wildman–Crippen LogP) is 3.50. The van der Waals surface area contributed by atoms with Crippen LogP contribution in [0.4, 0.5) is 0 Å². The number of rotatable bonds is 8. The molecular weight excluding hydrogens is 302 g/mol. The summed E-state index contributed by atoms with van der Waals surface area (Å²) in [4.78, 5) is 12.8. The standard InChI is InChI=1S/C16H19NO2S2/c18-9-6-13(14-7-11-20-12-14)5-8-17-16(19)4-3-15-2-1-10-21-15/h1-4,7,10-13,18H,5-6,8-9H2,(H,17,19)/b4-3+/t13-/m1/s1. The lowest BCUT2D eigenvalue weighted by Gasteiger charge is -2.14. The van der Waals surface area contributed by atoms with Gasteiger partial charge in [0, 0.05) is 24.1 Å². The number of hydrogen-bond donors (Lipinski definition) is 2. The SMILES string of the molecule is O=C(/C=C/c1cccs1)NCC[C@H](CCO)c1ccsc1. The third-order valence-corrected chi connectivity index (χ3v) is 4.77. The van der Waals surface area contributed by atoms with Gasteiger partial charge in [-0.15, -0.1) is 11.3 Å². The molecule has 2 rings (SSSR count). The minimum absolute atomic E-state index is 0.0727. The molecule has 0 saturated carbocycles. The Kier molecular flexibility index (Phi) is 6.66. The summed E-state index contributed by atoms with van der Waals surface area (Å²) in [6.45, 7) is 0.793. The van der Waals surface area contributed by atoms with Crippen LogP contribution in [0.5, 0.6) is 0 Å². The molecule has 0 aliphatic carbocycles. The highest BCUT2D eigenvalue weighted by molar-refractivity contribution is 7.10. The Bertz CT molecular complexity index is 547. The van der Waals surface area contributed by atoms with Gasteiger partial charge in [-0.1, -0.05) is 6.07 Å². The van der Waals surface area contributed by atoms with Gasteiger partial charge in [-0.2, -0.15) is 11.3 Å². The maximum atomic E-state index is 11.7. The zero-order valence-corrected chi connectivity index (χ0v) is 13.3. The topological polar surface area (TPSA) is 49.3 Å². The Morgan fingerprint density at radius 2 is 2.24 bits per heavy atom. The van der Waals surface area contributed by atoms with Crippen molar-refractivity contribution in [3.05, 3.63) is 50.9 Å². The van der Waals surface area contributed by atoms with Gasteiger partial charge in [-0.25, -0.2) is 0 Å². The van der Waals surface area contributed by atoms with E-state index in [4.69, 9.17) is 5.11 Å². The molecule has 0 bridgehead atoms. The molecule has 0 radical (unpaired) electrons. The second kappa shape index (κ2) is 8.77. The fraction of sp³-hybridized carbons (Fsp3) is 0.312. The molecule has 0 spiro atoms. The lowest BCUT2D eigenvalue weighted by Crippen LogP contribution is -2.23. The van der Waals surface area contributed by atoms with Gasteiger partial charge in [-0.3, -0.25) is 4.79 Å². The van der Waals surface area contributed by atoms with Gasteiger partial charge in [0.1, 0.15) is 0 Å². The first-order valence-electron chi connectivity index (χ1n) is 6.92. The van der Waals surface area contributed by atoms with Crippen LogP contribution in [0.25, 0.3) is 6.08 Å². The Labute approximate surface area is 133 Å². The minimum Gasteiger partial charge on any atom is -0.396 e. The predicted molar refractivity (Wildman–Crippen MR) is 89.7 cm³/mol. The normalized spacial score (nSPS) is 12.6. The number of hydrogen-bond acceptors (Lipinski definition) is 4. The van der Waals surface area contributed by atoms with Gasteiger partial charge in [-0.05, 0) is 58.7 Å². The van der Waals surface area contributed by atoms with Crippen molar-refractivity contribution >= 4 is 34.7 Å². The van der Waals surface area contributed by atoms with E-state index in [1.54, 1.807) is 28.7 Å². The highest BCUT2D eigenvalue weighted by atomic mass is 32.1. The summed E-state index contributed by atoms with van der Waals surface area (Å²) in [6.07, 6.45) is 4.97. The summed E-state index contributed by atoms with van der Waals surface area (Å²) in [7, 11) is 0. The molecule has 5 heteroatoms. The van der Waals surface area contributed by atoms with E-state index >= 15 is 0 Å². The first-order valence-corrected chi connectivity index (χ1v) is 8.74. The van der Waals surface area contributed by atoms with Crippen molar-refractivity contribution in [3.8, 4) is 0 Å². The summed E-state index contributed by atoms with van der Waals surface area (Å²) in [5.74, 6) is 0.235. The van der Waals surface area contributed by atoms with Crippen LogP contribution in [0.2, 0.25) is 0 Å². The van der Waals surface area contributed by atoms with Crippen LogP contribution in [0.15, 0.2) is 40.4 Å². The number of nitrogens with one attached hydrogen (secondary N) is 1. The summed E-state index contributed by atoms with van der Waals surface area (Å²) in [6, 6.07) is 6.02. The quantitative estimate of drug-likeness (QED) is 0.731. The molecule has 0 aliphatic heterocycles. The molecule has 112 valence electrons. The maximum absolute atomic E-state index is 11.7. The summed E-state index contributed by atoms with van der Waals surface area (Å²) < 4.78 is 0. The molecular formula is C16H19NO2S2. The molecule has 3 nitrogen and oxygen atoms in total. The number of thiophene rings is 2. The Morgan fingerprint density at radius 3 is 2.90 bits per heavy atom. The van der Waals surface area contributed by atoms with E-state index in [1.807, 2.05) is 29.0 Å². The first-order chi connectivity index (χ1) is 10.3. The molecule has 0 saturated heterocycles. The highest BCUT2D eigenvalue weighted by Gasteiger charge is 2.11. The van der Waals surface area contributed by atoms with E-state index in [0.717, 1.165) is 17.7 Å². The molecule has 0 fully saturated rings. The van der Waals surface area contributed by atoms with Crippen molar-refractivity contribution in [3.63, 3.8) is 0 Å². The second-order valence-electron chi connectivity index (χ2n) is 4.69. The monoisotopic (exact) mass is 321 g/mol. The third-order valence-electron chi connectivity index (χ3n) is 3.23. The summed E-state index contributed by atoms with van der Waals surface area (Å²) in [5.41, 5.74) is 1.25. The van der Waals surface area contributed by atoms with Crippen molar-refractivity contribution in [2.75, 3.05) is 13.2 Å². The molecule has 1 atom stereocenters. The van der Waals surface area contributed by atoms with Crippen molar-refractivity contribution in [2.24, 2.45) is 0 Å². The number of aliphatic hydroxyl groups is 1. The number of carbonyl (C=O) groups is 1. The van der Waals surface area contributed by atoms with Gasteiger partial charge in [0.25, 0.3) is 0 Å². The highest BCUT2D eigenvalue weighted by Crippen LogP contribution is 2.24. The Hall–Kier alpha value is -1.43. The molecule has 0 unspecified atom stereocenters. The largest absolute Gasteiger partial charge is 0.396 e. The van der Waals surface area contributed by atoms with Crippen LogP contribution in [-0.4, -0.2) is 24.2 Å². The zero-order valence-electron chi connectivity index (χ0n) is 11.7. The molecule has 2 N–H and O–H groups in total. The summed E-state index contributed by atoms with van der Waals surface area (Å²) in [5, 5.41) is 18.2. The molecule has 21 heavy (non-hydrogen) atoms. The minimum atomic E-state index is -0.0727. The average Bonchev–Trinajstić information content (AvgIpc) is 3.17. The molecule has 0 aliphatic rings. The average molecular weight is 321 g/mol. The first kappa shape index (κ1) is 15.9. The molecule has 2 heterocycles. The summed E-state index contributed by atoms with van der Waals surface area (Å²) >= 11 is 3.27. The van der Waals surface area contributed by atoms with Gasteiger partial charge in [0.2, 0.25) is 5.91 Å². The van der Waals surface area contributed by atoms with Crippen molar-refractivity contribution in [1.29, 1.82) is 0 Å². The van der Waals surface area contributed by atoms with Crippen LogP contribution in [-0.2, 0) is 4.79 Å². The van der Waals surface area contributed by atoms with E-state index in [-0.39, 0.29) is 12.5 Å². The van der Waals surface area contributed by atoms with Crippen molar-refractivity contribution < 1.29 is 9.90 Å². The Balaban J connectivity index is 1.75. The van der Waals surface area contributed by atoms with E-state index in [2.05, 4.69) is 16.8 Å². The van der Waals surface area contributed by atoms with E-state index in [9.17, 15) is 4.79 Å². The van der Waals surface area contributed by atoms with Crippen molar-refractivity contribution in [2.45, 2.75) is 18.8 Å². The number of amides is 1. The lowest BCUT2D eigenvalue weighted by atomic mass is 9.95. The van der Waals surface area contributed by atoms with Gasteiger partial charge >= 0.3 is 0 Å². The van der Waals surface area contributed by atoms with E-state index in [1.165, 1.54) is 5.56 Å². The Morgan fingerprint density at radius 1 is 1.33 bits per heavy atom. The molecule has 1 amide bonds. The van der Waals surface area contributed by atoms with E-state index in [0.29, 0.717) is 12.5 Å². The van der Waals surface area contributed by atoms with Gasteiger partial charge in [0.15, 0.2) is 0 Å². The van der Waals surface area contributed by atoms with Crippen LogP contribution in [0, 0.1) is 0 Å². The maximum Gasteiger partial charge on any atom is 0.244 e. The van der Waals surface area contributed by atoms with Crippen molar-refractivity contribution in [1.82, 2.24) is 5.32 Å². The number of aliphatic hydroxyl groups excluding tert-OH is 1. The van der Waals surface area contributed by atoms with Crippen LogP contribution in [0.1, 0.15) is 29.2 Å². The molecule has 2 aromatic heterocycles. The second-order valence-corrected chi connectivity index (χ2v) is 6.45. The van der Waals surface area contributed by atoms with Crippen LogP contribution >= 0.6 is 22.7 Å². The van der Waals surface area contributed by atoms with Crippen LogP contribution in [0.3, 0.4) is 0 Å². The number of carbonyl (C=O) groups excluding carboxylic acids is 1. The van der Waals surface area contributed by atoms with Gasteiger partial charge in [0.05, 0.1) is 0 Å². The molecule has 2 aromatic rings. The smallest absolute Gasteiger partial charge is 0.244 e. The zero-order chi connectivity index (χ0) is 14.9.